The number of rotatable bonds is 1. The first-order valence-electron chi connectivity index (χ1n) is 4.48. The molecule has 0 radical (unpaired) electrons. The van der Waals surface area contributed by atoms with E-state index in [1.807, 2.05) is 0 Å². The van der Waals surface area contributed by atoms with Crippen LogP contribution in [-0.2, 0) is 9.47 Å². The van der Waals surface area contributed by atoms with Crippen molar-refractivity contribution >= 4 is 0 Å². The second kappa shape index (κ2) is 3.30. The molecule has 1 spiro atoms. The minimum atomic E-state index is -0.376. The summed E-state index contributed by atoms with van der Waals surface area (Å²) in [5.41, 5.74) is 0. The van der Waals surface area contributed by atoms with Gasteiger partial charge in [0.25, 0.3) is 0 Å². The molecule has 0 aliphatic carbocycles. The van der Waals surface area contributed by atoms with Gasteiger partial charge in [-0.25, -0.2) is 0 Å². The molecule has 0 aromatic carbocycles. The monoisotopic (exact) mass is 173 g/mol. The second-order valence-electron chi connectivity index (χ2n) is 3.39. The first-order valence-corrected chi connectivity index (χ1v) is 4.48. The van der Waals surface area contributed by atoms with Crippen molar-refractivity contribution in [1.82, 2.24) is 5.32 Å². The normalized spacial score (nSPS) is 34.2. The van der Waals surface area contributed by atoms with Gasteiger partial charge in [-0.15, -0.1) is 0 Å². The molecule has 0 aromatic heterocycles. The number of hydrogen-bond acceptors (Lipinski definition) is 4. The zero-order valence-corrected chi connectivity index (χ0v) is 7.08. The predicted octanol–water partition coefficient (Wildman–Crippen LogP) is -0.526. The molecule has 0 amide bonds. The molecule has 4 heteroatoms. The number of nitrogens with one attached hydrogen (secondary N) is 1. The topological polar surface area (TPSA) is 50.7 Å². The quantitative estimate of drug-likeness (QED) is 0.560. The molecule has 12 heavy (non-hydrogen) atoms. The molecule has 2 saturated heterocycles. The Morgan fingerprint density at radius 2 is 2.17 bits per heavy atom. The summed E-state index contributed by atoms with van der Waals surface area (Å²) in [6.07, 6.45) is 1.68. The minimum Gasteiger partial charge on any atom is -0.394 e. The lowest BCUT2D eigenvalue weighted by molar-refractivity contribution is -0.185. The van der Waals surface area contributed by atoms with E-state index in [1.165, 1.54) is 0 Å². The standard InChI is InChI=1S/C8H15NO3/c10-5-7-6-11-8(12-7)1-3-9-4-2-8/h7,9-10H,1-6H2/t7-/m0/s1. The summed E-state index contributed by atoms with van der Waals surface area (Å²) < 4.78 is 11.2. The molecule has 2 N–H and O–H groups in total. The summed E-state index contributed by atoms with van der Waals surface area (Å²) in [5, 5.41) is 12.1. The molecule has 2 heterocycles. The molecule has 70 valence electrons. The van der Waals surface area contributed by atoms with Crippen LogP contribution in [0.25, 0.3) is 0 Å². The number of hydrogen-bond donors (Lipinski definition) is 2. The van der Waals surface area contributed by atoms with E-state index in [2.05, 4.69) is 5.32 Å². The van der Waals surface area contributed by atoms with E-state index in [1.54, 1.807) is 0 Å². The van der Waals surface area contributed by atoms with Crippen LogP contribution in [0.4, 0.5) is 0 Å². The van der Waals surface area contributed by atoms with Gasteiger partial charge in [-0.3, -0.25) is 0 Å². The third-order valence-electron chi connectivity index (χ3n) is 2.48. The van der Waals surface area contributed by atoms with Gasteiger partial charge in [0, 0.05) is 25.9 Å². The molecule has 4 nitrogen and oxygen atoms in total. The molecule has 2 aliphatic heterocycles. The SMILES string of the molecule is OC[C@H]1COC2(CCNCC2)O1. The van der Waals surface area contributed by atoms with Crippen LogP contribution in [0.1, 0.15) is 12.8 Å². The van der Waals surface area contributed by atoms with Gasteiger partial charge in [0.1, 0.15) is 6.10 Å². The van der Waals surface area contributed by atoms with E-state index in [4.69, 9.17) is 14.6 Å². The van der Waals surface area contributed by atoms with Crippen LogP contribution >= 0.6 is 0 Å². The van der Waals surface area contributed by atoms with Crippen LogP contribution < -0.4 is 5.32 Å². The summed E-state index contributed by atoms with van der Waals surface area (Å²) >= 11 is 0. The van der Waals surface area contributed by atoms with Crippen LogP contribution in [-0.4, -0.2) is 43.3 Å². The zero-order chi connectivity index (χ0) is 8.44. The Bertz CT molecular complexity index is 156. The van der Waals surface area contributed by atoms with Crippen molar-refractivity contribution in [3.05, 3.63) is 0 Å². The van der Waals surface area contributed by atoms with Crippen molar-refractivity contribution in [3.8, 4) is 0 Å². The van der Waals surface area contributed by atoms with Crippen molar-refractivity contribution in [2.75, 3.05) is 26.3 Å². The van der Waals surface area contributed by atoms with E-state index in [0.717, 1.165) is 25.9 Å². The summed E-state index contributed by atoms with van der Waals surface area (Å²) in [5.74, 6) is -0.376. The fourth-order valence-electron chi connectivity index (χ4n) is 1.78. The highest BCUT2D eigenvalue weighted by molar-refractivity contribution is 4.83. The summed E-state index contributed by atoms with van der Waals surface area (Å²) in [6.45, 7) is 2.49. The number of aliphatic hydroxyl groups is 1. The van der Waals surface area contributed by atoms with Gasteiger partial charge in [-0.05, 0) is 0 Å². The molecule has 0 bridgehead atoms. The van der Waals surface area contributed by atoms with Crippen molar-refractivity contribution < 1.29 is 14.6 Å². The van der Waals surface area contributed by atoms with E-state index in [0.29, 0.717) is 6.61 Å². The lowest BCUT2D eigenvalue weighted by Gasteiger charge is -2.32. The van der Waals surface area contributed by atoms with Crippen LogP contribution in [0.3, 0.4) is 0 Å². The number of aliphatic hydroxyl groups excluding tert-OH is 1. The third-order valence-corrected chi connectivity index (χ3v) is 2.48. The average Bonchev–Trinajstić information content (AvgIpc) is 2.50. The molecule has 1 atom stereocenters. The largest absolute Gasteiger partial charge is 0.394 e. The van der Waals surface area contributed by atoms with Gasteiger partial charge < -0.3 is 19.9 Å². The Morgan fingerprint density at radius 1 is 1.42 bits per heavy atom. The third kappa shape index (κ3) is 1.47. The maximum absolute atomic E-state index is 8.86. The van der Waals surface area contributed by atoms with Crippen LogP contribution in [0.15, 0.2) is 0 Å². The van der Waals surface area contributed by atoms with Crippen LogP contribution in [0.5, 0.6) is 0 Å². The summed E-state index contributed by atoms with van der Waals surface area (Å²) in [6, 6.07) is 0. The van der Waals surface area contributed by atoms with E-state index in [-0.39, 0.29) is 18.5 Å². The Kier molecular flexibility index (Phi) is 2.32. The van der Waals surface area contributed by atoms with Gasteiger partial charge in [0.05, 0.1) is 13.2 Å². The first kappa shape index (κ1) is 8.44. The minimum absolute atomic E-state index is 0.0647. The van der Waals surface area contributed by atoms with Crippen molar-refractivity contribution in [1.29, 1.82) is 0 Å². The molecule has 0 saturated carbocycles. The highest BCUT2D eigenvalue weighted by atomic mass is 16.7. The van der Waals surface area contributed by atoms with Crippen LogP contribution in [0.2, 0.25) is 0 Å². The Morgan fingerprint density at radius 3 is 2.75 bits per heavy atom. The first-order chi connectivity index (χ1) is 5.85. The fourth-order valence-corrected chi connectivity index (χ4v) is 1.78. The second-order valence-corrected chi connectivity index (χ2v) is 3.39. The van der Waals surface area contributed by atoms with Gasteiger partial charge >= 0.3 is 0 Å². The lowest BCUT2D eigenvalue weighted by atomic mass is 10.1. The lowest BCUT2D eigenvalue weighted by Crippen LogP contribution is -2.43. The zero-order valence-electron chi connectivity index (χ0n) is 7.08. The van der Waals surface area contributed by atoms with E-state index < -0.39 is 0 Å². The molecule has 2 fully saturated rings. The van der Waals surface area contributed by atoms with Crippen molar-refractivity contribution in [3.63, 3.8) is 0 Å². The molecule has 2 aliphatic rings. The molecule has 0 unspecified atom stereocenters. The highest BCUT2D eigenvalue weighted by Gasteiger charge is 2.41. The van der Waals surface area contributed by atoms with E-state index in [9.17, 15) is 0 Å². The van der Waals surface area contributed by atoms with Gasteiger partial charge in [0.2, 0.25) is 0 Å². The number of piperidine rings is 1. The maximum Gasteiger partial charge on any atom is 0.171 e. The smallest absolute Gasteiger partial charge is 0.171 e. The Labute approximate surface area is 71.9 Å². The Hall–Kier alpha value is -0.160. The molecular weight excluding hydrogens is 158 g/mol. The van der Waals surface area contributed by atoms with Crippen LogP contribution in [0, 0.1) is 0 Å². The van der Waals surface area contributed by atoms with Gasteiger partial charge in [0.15, 0.2) is 5.79 Å². The van der Waals surface area contributed by atoms with Gasteiger partial charge in [-0.1, -0.05) is 0 Å². The fraction of sp³-hybridized carbons (Fsp3) is 1.00. The molecular formula is C8H15NO3. The molecule has 0 aromatic rings. The van der Waals surface area contributed by atoms with Gasteiger partial charge in [-0.2, -0.15) is 0 Å². The van der Waals surface area contributed by atoms with Crippen molar-refractivity contribution in [2.24, 2.45) is 0 Å². The van der Waals surface area contributed by atoms with E-state index >= 15 is 0 Å². The maximum atomic E-state index is 8.86. The Balaban J connectivity index is 1.94. The highest BCUT2D eigenvalue weighted by Crippen LogP contribution is 2.31. The summed E-state index contributed by atoms with van der Waals surface area (Å²) in [7, 11) is 0. The molecule has 2 rings (SSSR count). The summed E-state index contributed by atoms with van der Waals surface area (Å²) in [4.78, 5) is 0. The predicted molar refractivity (Wildman–Crippen MR) is 42.7 cm³/mol. The van der Waals surface area contributed by atoms with Crippen molar-refractivity contribution in [2.45, 2.75) is 24.7 Å². The average molecular weight is 173 g/mol. The number of ether oxygens (including phenoxy) is 2.